The molecule has 9 heteroatoms. The smallest absolute Gasteiger partial charge is 0.417 e. The highest BCUT2D eigenvalue weighted by Gasteiger charge is 2.36. The molecule has 2 aromatic rings. The topological polar surface area (TPSA) is 63.0 Å². The van der Waals surface area contributed by atoms with E-state index in [1.807, 2.05) is 0 Å². The Labute approximate surface area is 156 Å². The van der Waals surface area contributed by atoms with Crippen molar-refractivity contribution in [2.45, 2.75) is 18.1 Å². The van der Waals surface area contributed by atoms with Crippen molar-refractivity contribution in [3.8, 4) is 17.3 Å². The summed E-state index contributed by atoms with van der Waals surface area (Å²) >= 11 is 6.52. The van der Waals surface area contributed by atoms with E-state index in [0.717, 1.165) is 17.8 Å². The van der Waals surface area contributed by atoms with Gasteiger partial charge in [0.25, 0.3) is 0 Å². The lowest BCUT2D eigenvalue weighted by Crippen LogP contribution is -2.12. The largest absolute Gasteiger partial charge is 0.465 e. The quantitative estimate of drug-likeness (QED) is 0.525. The molecule has 2 rings (SSSR count). The molecule has 0 spiro atoms. The van der Waals surface area contributed by atoms with Gasteiger partial charge in [0.05, 0.1) is 29.2 Å². The maximum absolute atomic E-state index is 13.4. The number of ether oxygens (including phenoxy) is 1. The molecule has 136 valence electrons. The first kappa shape index (κ1) is 20.1. The summed E-state index contributed by atoms with van der Waals surface area (Å²) in [6, 6.07) is 8.45. The third-order valence-electron chi connectivity index (χ3n) is 3.18. The van der Waals surface area contributed by atoms with Crippen LogP contribution in [0.3, 0.4) is 0 Å². The second-order valence-electron chi connectivity index (χ2n) is 4.95. The molecule has 0 aliphatic heterocycles. The summed E-state index contributed by atoms with van der Waals surface area (Å²) < 4.78 is 44.9. The summed E-state index contributed by atoms with van der Waals surface area (Å²) in [6.45, 7) is 1.76. The lowest BCUT2D eigenvalue weighted by atomic mass is 10.1. The van der Waals surface area contributed by atoms with E-state index in [1.54, 1.807) is 6.92 Å². The molecule has 26 heavy (non-hydrogen) atoms. The summed E-state index contributed by atoms with van der Waals surface area (Å²) in [7, 11) is 0. The average Bonchev–Trinajstić information content (AvgIpc) is 2.59. The highest BCUT2D eigenvalue weighted by atomic mass is 35.5. The van der Waals surface area contributed by atoms with Gasteiger partial charge in [-0.1, -0.05) is 35.5 Å². The molecule has 1 aromatic carbocycles. The number of hydrogen-bond acceptors (Lipinski definition) is 5. The zero-order valence-corrected chi connectivity index (χ0v) is 15.0. The van der Waals surface area contributed by atoms with Crippen molar-refractivity contribution in [3.63, 3.8) is 0 Å². The Morgan fingerprint density at radius 2 is 2.00 bits per heavy atom. The second kappa shape index (κ2) is 8.43. The first-order valence-electron chi connectivity index (χ1n) is 7.33. The van der Waals surface area contributed by atoms with Crippen molar-refractivity contribution in [1.29, 1.82) is 5.26 Å². The van der Waals surface area contributed by atoms with Crippen LogP contribution in [0.1, 0.15) is 18.1 Å². The van der Waals surface area contributed by atoms with E-state index < -0.39 is 23.3 Å². The fraction of sp³-hybridized carbons (Fsp3) is 0.235. The van der Waals surface area contributed by atoms with Gasteiger partial charge >= 0.3 is 12.1 Å². The number of thioether (sulfide) groups is 1. The number of pyridine rings is 1. The van der Waals surface area contributed by atoms with Gasteiger partial charge in [0.15, 0.2) is 0 Å². The minimum Gasteiger partial charge on any atom is -0.465 e. The first-order chi connectivity index (χ1) is 12.3. The molecular formula is C17H12ClF3N2O2S. The third kappa shape index (κ3) is 4.90. The molecule has 0 saturated carbocycles. The van der Waals surface area contributed by atoms with Crippen LogP contribution >= 0.6 is 23.4 Å². The zero-order valence-electron chi connectivity index (χ0n) is 13.4. The summed E-state index contributed by atoms with van der Waals surface area (Å²) in [5.74, 6) is -0.856. The van der Waals surface area contributed by atoms with E-state index in [1.165, 1.54) is 30.3 Å². The lowest BCUT2D eigenvalue weighted by Gasteiger charge is -2.14. The van der Waals surface area contributed by atoms with Crippen molar-refractivity contribution in [1.82, 2.24) is 4.98 Å². The molecule has 0 amide bonds. The maximum atomic E-state index is 13.4. The molecule has 0 atom stereocenters. The fourth-order valence-electron chi connectivity index (χ4n) is 2.06. The molecule has 0 unspecified atom stereocenters. The Kier molecular flexibility index (Phi) is 6.51. The van der Waals surface area contributed by atoms with Gasteiger partial charge in [-0.15, -0.1) is 0 Å². The fourth-order valence-corrected chi connectivity index (χ4v) is 2.98. The minimum absolute atomic E-state index is 0.0272. The van der Waals surface area contributed by atoms with E-state index in [2.05, 4.69) is 4.98 Å². The predicted octanol–water partition coefficient (Wildman–Crippen LogP) is 4.95. The molecule has 1 heterocycles. The van der Waals surface area contributed by atoms with Gasteiger partial charge in [-0.05, 0) is 25.1 Å². The lowest BCUT2D eigenvalue weighted by molar-refractivity contribution is -0.140. The van der Waals surface area contributed by atoms with Crippen LogP contribution in [0, 0.1) is 11.3 Å². The van der Waals surface area contributed by atoms with Gasteiger partial charge in [0.1, 0.15) is 11.1 Å². The molecule has 0 bridgehead atoms. The van der Waals surface area contributed by atoms with Crippen LogP contribution in [-0.4, -0.2) is 23.3 Å². The number of carbonyl (C=O) groups is 1. The third-order valence-corrected chi connectivity index (χ3v) is 4.38. The Bertz CT molecular complexity index is 849. The van der Waals surface area contributed by atoms with Gasteiger partial charge < -0.3 is 4.74 Å². The van der Waals surface area contributed by atoms with Crippen LogP contribution in [0.15, 0.2) is 35.4 Å². The zero-order chi connectivity index (χ0) is 19.3. The molecule has 0 aliphatic carbocycles. The summed E-state index contributed by atoms with van der Waals surface area (Å²) in [5.41, 5.74) is -1.29. The Morgan fingerprint density at radius 3 is 2.54 bits per heavy atom. The molecule has 4 nitrogen and oxygen atoms in total. The molecule has 0 fully saturated rings. The maximum Gasteiger partial charge on any atom is 0.417 e. The molecule has 0 N–H and O–H groups in total. The number of alkyl halides is 3. The predicted molar refractivity (Wildman–Crippen MR) is 91.8 cm³/mol. The van der Waals surface area contributed by atoms with Gasteiger partial charge in [-0.2, -0.15) is 18.4 Å². The average molecular weight is 401 g/mol. The standard InChI is InChI=1S/C17H12ClF3N2O2S/c1-2-25-15(24)9-26-16-12(8-22)13(17(19,20)21)7-14(23-16)10-3-5-11(18)6-4-10/h3-7H,2,9H2,1H3. The molecule has 0 saturated heterocycles. The number of rotatable bonds is 5. The van der Waals surface area contributed by atoms with Gasteiger partial charge in [-0.3, -0.25) is 4.79 Å². The highest BCUT2D eigenvalue weighted by Crippen LogP contribution is 2.38. The molecular weight excluding hydrogens is 389 g/mol. The van der Waals surface area contributed by atoms with Crippen molar-refractivity contribution < 1.29 is 22.7 Å². The number of nitriles is 1. The Morgan fingerprint density at radius 1 is 1.35 bits per heavy atom. The number of benzene rings is 1. The normalized spacial score (nSPS) is 11.1. The van der Waals surface area contributed by atoms with Crippen molar-refractivity contribution in [3.05, 3.63) is 46.5 Å². The van der Waals surface area contributed by atoms with Crippen LogP contribution < -0.4 is 0 Å². The van der Waals surface area contributed by atoms with Crippen LogP contribution in [0.5, 0.6) is 0 Å². The van der Waals surface area contributed by atoms with E-state index in [0.29, 0.717) is 10.6 Å². The Hall–Kier alpha value is -2.24. The second-order valence-corrected chi connectivity index (χ2v) is 6.35. The molecule has 0 radical (unpaired) electrons. The highest BCUT2D eigenvalue weighted by molar-refractivity contribution is 7.99. The summed E-state index contributed by atoms with van der Waals surface area (Å²) in [5, 5.41) is 9.44. The van der Waals surface area contributed by atoms with Gasteiger partial charge in [-0.25, -0.2) is 4.98 Å². The monoisotopic (exact) mass is 400 g/mol. The number of esters is 1. The molecule has 1 aromatic heterocycles. The van der Waals surface area contributed by atoms with Crippen LogP contribution in [-0.2, 0) is 15.7 Å². The van der Waals surface area contributed by atoms with Gasteiger partial charge in [0.2, 0.25) is 0 Å². The SMILES string of the molecule is CCOC(=O)CSc1nc(-c2ccc(Cl)cc2)cc(C(F)(F)F)c1C#N. The Balaban J connectivity index is 2.53. The number of carbonyl (C=O) groups excluding carboxylic acids is 1. The first-order valence-corrected chi connectivity index (χ1v) is 8.69. The van der Waals surface area contributed by atoms with Crippen LogP contribution in [0.25, 0.3) is 11.3 Å². The van der Waals surface area contributed by atoms with Crippen LogP contribution in [0.4, 0.5) is 13.2 Å². The van der Waals surface area contributed by atoms with E-state index in [-0.39, 0.29) is 23.1 Å². The number of nitrogens with zero attached hydrogens (tertiary/aromatic N) is 2. The molecule has 0 aliphatic rings. The summed E-state index contributed by atoms with van der Waals surface area (Å²) in [4.78, 5) is 15.6. The number of aromatic nitrogens is 1. The van der Waals surface area contributed by atoms with E-state index in [4.69, 9.17) is 16.3 Å². The van der Waals surface area contributed by atoms with Gasteiger partial charge in [0, 0.05) is 10.6 Å². The number of hydrogen-bond donors (Lipinski definition) is 0. The van der Waals surface area contributed by atoms with Crippen molar-refractivity contribution in [2.24, 2.45) is 0 Å². The van der Waals surface area contributed by atoms with Crippen molar-refractivity contribution in [2.75, 3.05) is 12.4 Å². The minimum atomic E-state index is -4.74. The summed E-state index contributed by atoms with van der Waals surface area (Å²) in [6.07, 6.45) is -4.74. The van der Waals surface area contributed by atoms with E-state index in [9.17, 15) is 23.2 Å². The number of halogens is 4. The van der Waals surface area contributed by atoms with E-state index >= 15 is 0 Å². The van der Waals surface area contributed by atoms with Crippen molar-refractivity contribution >= 4 is 29.3 Å². The van der Waals surface area contributed by atoms with Crippen LogP contribution in [0.2, 0.25) is 5.02 Å².